The summed E-state index contributed by atoms with van der Waals surface area (Å²) in [5, 5.41) is 0. The average Bonchev–Trinajstić information content (AvgIpc) is 2.94. The summed E-state index contributed by atoms with van der Waals surface area (Å²) < 4.78 is 6.57. The smallest absolute Gasteiger partial charge is 0.148 e. The zero-order valence-corrected chi connectivity index (χ0v) is 14.1. The molecule has 0 radical (unpaired) electrons. The van der Waals surface area contributed by atoms with Crippen LogP contribution in [-0.2, 0) is 21.4 Å². The fraction of sp³-hybridized carbons (Fsp3) is 0.353. The van der Waals surface area contributed by atoms with Gasteiger partial charge in [-0.1, -0.05) is 30.3 Å². The first-order valence-corrected chi connectivity index (χ1v) is 8.72. The first-order valence-electron chi connectivity index (χ1n) is 7.11. The number of hydrogen-bond donors (Lipinski definition) is 0. The Morgan fingerprint density at radius 1 is 1.14 bits per heavy atom. The van der Waals surface area contributed by atoms with Gasteiger partial charge in [-0.3, -0.25) is 4.79 Å². The number of Topliss-reactive ketones (excluding diaryl/α,β-unsaturated/α-hetero) is 1. The Morgan fingerprint density at radius 3 is 2.48 bits per heavy atom. The van der Waals surface area contributed by atoms with Gasteiger partial charge in [0.1, 0.15) is 5.78 Å². The second kappa shape index (κ2) is 6.42. The van der Waals surface area contributed by atoms with Gasteiger partial charge in [0.2, 0.25) is 0 Å². The SMILES string of the molecule is O=C(Cc1ccc(Br)s1)C1(c2ccccc2)CCOCC1. The number of benzene rings is 1. The molecule has 1 fully saturated rings. The minimum atomic E-state index is -0.379. The Balaban J connectivity index is 1.90. The van der Waals surface area contributed by atoms with Crippen LogP contribution in [0.2, 0.25) is 0 Å². The quantitative estimate of drug-likeness (QED) is 0.804. The van der Waals surface area contributed by atoms with Crippen molar-refractivity contribution in [2.75, 3.05) is 13.2 Å². The molecule has 2 aromatic rings. The van der Waals surface area contributed by atoms with Gasteiger partial charge in [0.25, 0.3) is 0 Å². The monoisotopic (exact) mass is 364 g/mol. The molecule has 110 valence electrons. The van der Waals surface area contributed by atoms with E-state index in [1.165, 1.54) is 0 Å². The fourth-order valence-corrected chi connectivity index (χ4v) is 4.46. The summed E-state index contributed by atoms with van der Waals surface area (Å²) in [6.45, 7) is 1.32. The molecule has 1 aliphatic rings. The van der Waals surface area contributed by atoms with Gasteiger partial charge in [0.05, 0.1) is 9.20 Å². The van der Waals surface area contributed by atoms with Gasteiger partial charge in [-0.25, -0.2) is 0 Å². The molecule has 1 aliphatic heterocycles. The van der Waals surface area contributed by atoms with Crippen molar-refractivity contribution in [3.8, 4) is 0 Å². The second-order valence-corrected chi connectivity index (χ2v) is 7.91. The standard InChI is InChI=1S/C17H17BrO2S/c18-16-7-6-14(21-16)12-15(19)17(8-10-20-11-9-17)13-4-2-1-3-5-13/h1-7H,8-12H2. The highest BCUT2D eigenvalue weighted by molar-refractivity contribution is 9.11. The van der Waals surface area contributed by atoms with E-state index in [2.05, 4.69) is 28.1 Å². The van der Waals surface area contributed by atoms with Crippen LogP contribution in [0.25, 0.3) is 0 Å². The first kappa shape index (κ1) is 14.9. The highest BCUT2D eigenvalue weighted by Crippen LogP contribution is 2.37. The van der Waals surface area contributed by atoms with E-state index in [-0.39, 0.29) is 5.41 Å². The topological polar surface area (TPSA) is 26.3 Å². The van der Waals surface area contributed by atoms with Gasteiger partial charge in [-0.05, 0) is 46.5 Å². The average molecular weight is 365 g/mol. The lowest BCUT2D eigenvalue weighted by atomic mass is 9.70. The normalized spacial score (nSPS) is 17.6. The van der Waals surface area contributed by atoms with Crippen LogP contribution in [0.3, 0.4) is 0 Å². The number of carbonyl (C=O) groups excluding carboxylic acids is 1. The van der Waals surface area contributed by atoms with Crippen molar-refractivity contribution in [1.82, 2.24) is 0 Å². The second-order valence-electron chi connectivity index (χ2n) is 5.37. The molecule has 4 heteroatoms. The molecule has 0 unspecified atom stereocenters. The summed E-state index contributed by atoms with van der Waals surface area (Å²) in [6, 6.07) is 14.2. The first-order chi connectivity index (χ1) is 10.2. The van der Waals surface area contributed by atoms with Crippen LogP contribution >= 0.6 is 27.3 Å². The summed E-state index contributed by atoms with van der Waals surface area (Å²) in [4.78, 5) is 14.2. The molecule has 0 atom stereocenters. The summed E-state index contributed by atoms with van der Waals surface area (Å²) in [5.74, 6) is 0.311. The van der Waals surface area contributed by atoms with Crippen LogP contribution in [0.15, 0.2) is 46.3 Å². The maximum absolute atomic E-state index is 13.0. The van der Waals surface area contributed by atoms with Crippen molar-refractivity contribution in [3.05, 3.63) is 56.7 Å². The fourth-order valence-electron chi connectivity index (χ4n) is 2.98. The van der Waals surface area contributed by atoms with E-state index in [0.29, 0.717) is 25.4 Å². The van der Waals surface area contributed by atoms with E-state index >= 15 is 0 Å². The molecular formula is C17H17BrO2S. The number of ketones is 1. The van der Waals surface area contributed by atoms with Crippen LogP contribution < -0.4 is 0 Å². The molecular weight excluding hydrogens is 348 g/mol. The zero-order valence-electron chi connectivity index (χ0n) is 11.7. The summed E-state index contributed by atoms with van der Waals surface area (Å²) in [5.41, 5.74) is 0.754. The Morgan fingerprint density at radius 2 is 1.86 bits per heavy atom. The third-order valence-electron chi connectivity index (χ3n) is 4.17. The zero-order chi connectivity index (χ0) is 14.7. The summed E-state index contributed by atoms with van der Waals surface area (Å²) in [7, 11) is 0. The molecule has 1 aromatic heterocycles. The Kier molecular flexibility index (Phi) is 4.57. The Labute approximate surface area is 137 Å². The van der Waals surface area contributed by atoms with Gasteiger partial charge in [0, 0.05) is 24.5 Å². The number of rotatable bonds is 4. The number of ether oxygens (including phenoxy) is 1. The van der Waals surface area contributed by atoms with Gasteiger partial charge in [-0.2, -0.15) is 0 Å². The van der Waals surface area contributed by atoms with Crippen LogP contribution in [0.5, 0.6) is 0 Å². The van der Waals surface area contributed by atoms with Gasteiger partial charge in [-0.15, -0.1) is 11.3 Å². The minimum absolute atomic E-state index is 0.311. The summed E-state index contributed by atoms with van der Waals surface area (Å²) in [6.07, 6.45) is 2.07. The molecule has 21 heavy (non-hydrogen) atoms. The predicted octanol–water partition coefficient (Wildman–Crippen LogP) is 4.37. The minimum Gasteiger partial charge on any atom is -0.381 e. The number of carbonyl (C=O) groups is 1. The molecule has 0 N–H and O–H groups in total. The molecule has 3 rings (SSSR count). The largest absolute Gasteiger partial charge is 0.381 e. The molecule has 2 nitrogen and oxygen atoms in total. The molecule has 0 spiro atoms. The van der Waals surface area contributed by atoms with Crippen molar-refractivity contribution >= 4 is 33.0 Å². The molecule has 0 saturated carbocycles. The van der Waals surface area contributed by atoms with Crippen LogP contribution in [-0.4, -0.2) is 19.0 Å². The third kappa shape index (κ3) is 3.12. The van der Waals surface area contributed by atoms with E-state index in [0.717, 1.165) is 27.1 Å². The molecule has 0 bridgehead atoms. The molecule has 0 aliphatic carbocycles. The molecule has 0 amide bonds. The Bertz CT molecular complexity index is 615. The lowest BCUT2D eigenvalue weighted by Crippen LogP contribution is -2.42. The van der Waals surface area contributed by atoms with Crippen LogP contribution in [0, 0.1) is 0 Å². The van der Waals surface area contributed by atoms with Crippen molar-refractivity contribution in [2.24, 2.45) is 0 Å². The number of thiophene rings is 1. The maximum Gasteiger partial charge on any atom is 0.148 e. The molecule has 1 aromatic carbocycles. The van der Waals surface area contributed by atoms with E-state index < -0.39 is 0 Å². The van der Waals surface area contributed by atoms with Crippen molar-refractivity contribution in [1.29, 1.82) is 0 Å². The lowest BCUT2D eigenvalue weighted by molar-refractivity contribution is -0.127. The van der Waals surface area contributed by atoms with Gasteiger partial charge >= 0.3 is 0 Å². The molecule has 1 saturated heterocycles. The van der Waals surface area contributed by atoms with E-state index in [4.69, 9.17) is 4.74 Å². The van der Waals surface area contributed by atoms with Crippen LogP contribution in [0.4, 0.5) is 0 Å². The molecule has 2 heterocycles. The van der Waals surface area contributed by atoms with Crippen molar-refractivity contribution in [3.63, 3.8) is 0 Å². The highest BCUT2D eigenvalue weighted by Gasteiger charge is 2.41. The lowest BCUT2D eigenvalue weighted by Gasteiger charge is -2.36. The van der Waals surface area contributed by atoms with Crippen molar-refractivity contribution < 1.29 is 9.53 Å². The predicted molar refractivity (Wildman–Crippen MR) is 88.9 cm³/mol. The van der Waals surface area contributed by atoms with E-state index in [1.54, 1.807) is 11.3 Å². The van der Waals surface area contributed by atoms with Crippen molar-refractivity contribution in [2.45, 2.75) is 24.7 Å². The highest BCUT2D eigenvalue weighted by atomic mass is 79.9. The van der Waals surface area contributed by atoms with Gasteiger partial charge < -0.3 is 4.74 Å². The van der Waals surface area contributed by atoms with E-state index in [9.17, 15) is 4.79 Å². The Hall–Kier alpha value is -0.970. The van der Waals surface area contributed by atoms with Crippen LogP contribution in [0.1, 0.15) is 23.3 Å². The number of halogens is 1. The summed E-state index contributed by atoms with van der Waals surface area (Å²) >= 11 is 5.10. The number of hydrogen-bond acceptors (Lipinski definition) is 3. The third-order valence-corrected chi connectivity index (χ3v) is 5.79. The van der Waals surface area contributed by atoms with Gasteiger partial charge in [0.15, 0.2) is 0 Å². The maximum atomic E-state index is 13.0. The van der Waals surface area contributed by atoms with E-state index in [1.807, 2.05) is 30.3 Å².